The molecule has 1 unspecified atom stereocenters. The van der Waals surface area contributed by atoms with Crippen LogP contribution in [0.15, 0.2) is 18.5 Å². The normalized spacial score (nSPS) is 18.9. The molecule has 1 aliphatic rings. The molecule has 1 saturated carbocycles. The summed E-state index contributed by atoms with van der Waals surface area (Å²) >= 11 is 0. The number of ether oxygens (including phenoxy) is 1. The van der Waals surface area contributed by atoms with E-state index in [0.717, 1.165) is 18.7 Å². The van der Waals surface area contributed by atoms with Gasteiger partial charge in [-0.1, -0.05) is 26.7 Å². The van der Waals surface area contributed by atoms with Crippen molar-refractivity contribution in [3.63, 3.8) is 0 Å². The number of hydrogen-bond acceptors (Lipinski definition) is 3. The number of nitrogens with one attached hydrogen (secondary N) is 1. The van der Waals surface area contributed by atoms with Gasteiger partial charge in [-0.2, -0.15) is 0 Å². The van der Waals surface area contributed by atoms with Gasteiger partial charge in [-0.25, -0.2) is 0 Å². The van der Waals surface area contributed by atoms with E-state index in [1.54, 1.807) is 13.3 Å². The van der Waals surface area contributed by atoms with Crippen LogP contribution < -0.4 is 10.1 Å². The van der Waals surface area contributed by atoms with Gasteiger partial charge in [0.1, 0.15) is 5.75 Å². The van der Waals surface area contributed by atoms with Crippen LogP contribution in [0.4, 0.5) is 0 Å². The topological polar surface area (TPSA) is 34.2 Å². The van der Waals surface area contributed by atoms with E-state index in [0.29, 0.717) is 11.5 Å². The number of pyridine rings is 1. The van der Waals surface area contributed by atoms with E-state index in [1.165, 1.54) is 37.7 Å². The van der Waals surface area contributed by atoms with Gasteiger partial charge >= 0.3 is 0 Å². The van der Waals surface area contributed by atoms with Crippen molar-refractivity contribution in [3.8, 4) is 5.75 Å². The van der Waals surface area contributed by atoms with Crippen LogP contribution in [0.5, 0.6) is 5.75 Å². The van der Waals surface area contributed by atoms with E-state index in [1.807, 2.05) is 6.20 Å². The van der Waals surface area contributed by atoms with E-state index in [2.05, 4.69) is 30.2 Å². The van der Waals surface area contributed by atoms with Gasteiger partial charge in [-0.15, -0.1) is 0 Å². The van der Waals surface area contributed by atoms with Crippen molar-refractivity contribution in [2.75, 3.05) is 13.7 Å². The first-order valence-corrected chi connectivity index (χ1v) is 7.98. The minimum Gasteiger partial charge on any atom is -0.495 e. The third-order valence-corrected chi connectivity index (χ3v) is 4.82. The molecular formula is C17H28N2O. The summed E-state index contributed by atoms with van der Waals surface area (Å²) in [4.78, 5) is 4.36. The zero-order valence-electron chi connectivity index (χ0n) is 13.1. The molecule has 3 nitrogen and oxygen atoms in total. The van der Waals surface area contributed by atoms with Gasteiger partial charge in [0.2, 0.25) is 0 Å². The third kappa shape index (κ3) is 3.14. The first-order chi connectivity index (χ1) is 9.75. The van der Waals surface area contributed by atoms with Crippen LogP contribution in [0.3, 0.4) is 0 Å². The number of aromatic nitrogens is 1. The maximum absolute atomic E-state index is 5.35. The summed E-state index contributed by atoms with van der Waals surface area (Å²) in [5, 5.41) is 3.78. The largest absolute Gasteiger partial charge is 0.495 e. The highest BCUT2D eigenvalue weighted by Gasteiger charge is 2.40. The molecule has 1 aromatic rings. The lowest BCUT2D eigenvalue weighted by molar-refractivity contribution is 0.186. The molecule has 1 atom stereocenters. The lowest BCUT2D eigenvalue weighted by Crippen LogP contribution is -2.36. The van der Waals surface area contributed by atoms with E-state index in [9.17, 15) is 0 Å². The number of hydrogen-bond donors (Lipinski definition) is 1. The average Bonchev–Trinajstić information content (AvgIpc) is 2.98. The fourth-order valence-corrected chi connectivity index (χ4v) is 3.61. The average molecular weight is 276 g/mol. The van der Waals surface area contributed by atoms with Crippen LogP contribution in [0.25, 0.3) is 0 Å². The molecule has 0 saturated heterocycles. The minimum absolute atomic E-state index is 0.392. The lowest BCUT2D eigenvalue weighted by Gasteiger charge is -2.38. The smallest absolute Gasteiger partial charge is 0.137 e. The van der Waals surface area contributed by atoms with Crippen LogP contribution in [0, 0.1) is 5.41 Å². The summed E-state index contributed by atoms with van der Waals surface area (Å²) < 4.78 is 5.35. The number of methoxy groups -OCH3 is 1. The van der Waals surface area contributed by atoms with Crippen LogP contribution in [0.2, 0.25) is 0 Å². The summed E-state index contributed by atoms with van der Waals surface area (Å²) in [6, 6.07) is 2.55. The molecule has 0 amide bonds. The Labute approximate surface area is 123 Å². The maximum Gasteiger partial charge on any atom is 0.137 e. The molecule has 3 heteroatoms. The van der Waals surface area contributed by atoms with Crippen molar-refractivity contribution >= 4 is 0 Å². The zero-order chi connectivity index (χ0) is 14.4. The molecule has 112 valence electrons. The van der Waals surface area contributed by atoms with Gasteiger partial charge < -0.3 is 10.1 Å². The Hall–Kier alpha value is -1.09. The van der Waals surface area contributed by atoms with Crippen LogP contribution in [0.1, 0.15) is 64.0 Å². The van der Waals surface area contributed by atoms with Crippen molar-refractivity contribution in [3.05, 3.63) is 24.0 Å². The highest BCUT2D eigenvalue weighted by atomic mass is 16.5. The first kappa shape index (κ1) is 15.3. The molecule has 1 N–H and O–H groups in total. The molecular weight excluding hydrogens is 248 g/mol. The summed E-state index contributed by atoms with van der Waals surface area (Å²) in [7, 11) is 1.71. The van der Waals surface area contributed by atoms with Gasteiger partial charge in [0.05, 0.1) is 13.3 Å². The Morgan fingerprint density at radius 2 is 2.05 bits per heavy atom. The Balaban J connectivity index is 2.30. The van der Waals surface area contributed by atoms with Gasteiger partial charge in [0.25, 0.3) is 0 Å². The molecule has 0 aromatic carbocycles. The SMILES string of the molecule is CCCNC(c1cncc(OC)c1)C1(CC)CCCC1. The van der Waals surface area contributed by atoms with Crippen molar-refractivity contribution in [2.45, 2.75) is 58.4 Å². The standard InChI is InChI=1S/C17H28N2O/c1-4-10-19-16(17(5-2)8-6-7-9-17)14-11-15(20-3)13-18-12-14/h11-13,16,19H,4-10H2,1-3H3. The van der Waals surface area contributed by atoms with Crippen LogP contribution in [-0.2, 0) is 0 Å². The highest BCUT2D eigenvalue weighted by Crippen LogP contribution is 2.50. The van der Waals surface area contributed by atoms with Crippen LogP contribution >= 0.6 is 0 Å². The van der Waals surface area contributed by atoms with E-state index < -0.39 is 0 Å². The number of rotatable bonds is 7. The molecule has 20 heavy (non-hydrogen) atoms. The van der Waals surface area contributed by atoms with Gasteiger partial charge in [0, 0.05) is 12.2 Å². The summed E-state index contributed by atoms with van der Waals surface area (Å²) in [5.41, 5.74) is 1.67. The molecule has 0 radical (unpaired) electrons. The Morgan fingerprint density at radius 1 is 1.30 bits per heavy atom. The second-order valence-corrected chi connectivity index (χ2v) is 5.97. The maximum atomic E-state index is 5.35. The van der Waals surface area contributed by atoms with E-state index >= 15 is 0 Å². The second kappa shape index (κ2) is 7.07. The minimum atomic E-state index is 0.392. The Bertz CT molecular complexity index is 413. The second-order valence-electron chi connectivity index (χ2n) is 5.97. The van der Waals surface area contributed by atoms with Gasteiger partial charge in [-0.05, 0) is 49.3 Å². The molecule has 0 aliphatic heterocycles. The molecule has 1 fully saturated rings. The fraction of sp³-hybridized carbons (Fsp3) is 0.706. The molecule has 0 bridgehead atoms. The van der Waals surface area contributed by atoms with E-state index in [-0.39, 0.29) is 0 Å². The fourth-order valence-electron chi connectivity index (χ4n) is 3.61. The van der Waals surface area contributed by atoms with Crippen LogP contribution in [-0.4, -0.2) is 18.6 Å². The molecule has 1 aromatic heterocycles. The van der Waals surface area contributed by atoms with Crippen molar-refractivity contribution in [1.29, 1.82) is 0 Å². The number of nitrogens with zero attached hydrogens (tertiary/aromatic N) is 1. The summed E-state index contributed by atoms with van der Waals surface area (Å²) in [6.45, 7) is 5.62. The molecule has 1 aliphatic carbocycles. The Kier molecular flexibility index (Phi) is 5.41. The molecule has 0 spiro atoms. The first-order valence-electron chi connectivity index (χ1n) is 7.98. The van der Waals surface area contributed by atoms with Crippen molar-refractivity contribution in [1.82, 2.24) is 10.3 Å². The highest BCUT2D eigenvalue weighted by molar-refractivity contribution is 5.27. The zero-order valence-corrected chi connectivity index (χ0v) is 13.1. The quantitative estimate of drug-likeness (QED) is 0.814. The third-order valence-electron chi connectivity index (χ3n) is 4.82. The monoisotopic (exact) mass is 276 g/mol. The molecule has 1 heterocycles. The molecule has 2 rings (SSSR count). The van der Waals surface area contributed by atoms with Crippen molar-refractivity contribution in [2.24, 2.45) is 5.41 Å². The lowest BCUT2D eigenvalue weighted by atomic mass is 9.73. The Morgan fingerprint density at radius 3 is 2.65 bits per heavy atom. The predicted molar refractivity (Wildman–Crippen MR) is 83.0 cm³/mol. The summed E-state index contributed by atoms with van der Waals surface area (Å²) in [5.74, 6) is 0.857. The van der Waals surface area contributed by atoms with Crippen molar-refractivity contribution < 1.29 is 4.74 Å². The predicted octanol–water partition coefficient (Wildman–Crippen LogP) is 4.10. The van der Waals surface area contributed by atoms with E-state index in [4.69, 9.17) is 4.74 Å². The van der Waals surface area contributed by atoms with Gasteiger partial charge in [-0.3, -0.25) is 4.98 Å². The summed E-state index contributed by atoms with van der Waals surface area (Å²) in [6.07, 6.45) is 11.5. The van der Waals surface area contributed by atoms with Gasteiger partial charge in [0.15, 0.2) is 0 Å².